The minimum Gasteiger partial charge on any atom is -0.361 e. The zero-order valence-corrected chi connectivity index (χ0v) is 13.8. The van der Waals surface area contributed by atoms with Crippen LogP contribution in [0.15, 0.2) is 24.4 Å². The quantitative estimate of drug-likeness (QED) is 0.923. The number of nitrogens with zero attached hydrogens (tertiary/aromatic N) is 2. The molecule has 0 unspecified atom stereocenters. The minimum absolute atomic E-state index is 0.00217. The van der Waals surface area contributed by atoms with E-state index in [1.165, 1.54) is 0 Å². The average Bonchev–Trinajstić information content (AvgIpc) is 3.20. The molecule has 124 valence electrons. The Labute approximate surface area is 141 Å². The Balaban J connectivity index is 1.72. The summed E-state index contributed by atoms with van der Waals surface area (Å²) in [6, 6.07) is 5.81. The second-order valence-corrected chi connectivity index (χ2v) is 6.67. The van der Waals surface area contributed by atoms with Crippen molar-refractivity contribution in [3.63, 3.8) is 0 Å². The standard InChI is InChI=1S/C19H21N3O2/c1-12-17(18-14(21-12)7-4-9-16(18)23)19(24)22-11-5-8-15(22)13-6-2-3-10-20-13/h2-3,6,10,15,21H,4-5,7-9,11H2,1H3/t15-/m0/s1. The van der Waals surface area contributed by atoms with Crippen molar-refractivity contribution in [3.8, 4) is 0 Å². The predicted molar refractivity (Wildman–Crippen MR) is 90.0 cm³/mol. The number of nitrogens with one attached hydrogen (secondary N) is 1. The summed E-state index contributed by atoms with van der Waals surface area (Å²) in [5, 5.41) is 0. The number of likely N-dealkylation sites (tertiary alicyclic amines) is 1. The summed E-state index contributed by atoms with van der Waals surface area (Å²) in [5.41, 5.74) is 3.89. The molecule has 3 heterocycles. The highest BCUT2D eigenvalue weighted by molar-refractivity contribution is 6.10. The van der Waals surface area contributed by atoms with E-state index in [0.29, 0.717) is 24.1 Å². The van der Waals surface area contributed by atoms with Crippen molar-refractivity contribution < 1.29 is 9.59 Å². The van der Waals surface area contributed by atoms with Crippen LogP contribution in [0.5, 0.6) is 0 Å². The molecule has 0 radical (unpaired) electrons. The zero-order valence-electron chi connectivity index (χ0n) is 13.8. The van der Waals surface area contributed by atoms with Gasteiger partial charge in [0.1, 0.15) is 0 Å². The number of aryl methyl sites for hydroxylation is 2. The van der Waals surface area contributed by atoms with Crippen molar-refractivity contribution in [2.75, 3.05) is 6.54 Å². The summed E-state index contributed by atoms with van der Waals surface area (Å²) in [6.07, 6.45) is 5.89. The van der Waals surface area contributed by atoms with Crippen LogP contribution in [0.2, 0.25) is 0 Å². The van der Waals surface area contributed by atoms with Crippen LogP contribution in [-0.2, 0) is 6.42 Å². The summed E-state index contributed by atoms with van der Waals surface area (Å²) >= 11 is 0. The molecule has 1 fully saturated rings. The minimum atomic E-state index is -0.0339. The van der Waals surface area contributed by atoms with Gasteiger partial charge < -0.3 is 9.88 Å². The number of carbonyl (C=O) groups is 2. The van der Waals surface area contributed by atoms with E-state index in [1.807, 2.05) is 30.0 Å². The molecule has 1 aliphatic heterocycles. The Morgan fingerprint density at radius 2 is 2.17 bits per heavy atom. The van der Waals surface area contributed by atoms with Crippen LogP contribution < -0.4 is 0 Å². The highest BCUT2D eigenvalue weighted by Crippen LogP contribution is 2.35. The summed E-state index contributed by atoms with van der Waals surface area (Å²) in [5.74, 6) is 0.0611. The SMILES string of the molecule is Cc1[nH]c2c(c1C(=O)N1CCC[C@H]1c1ccccn1)C(=O)CCC2. The first-order valence-electron chi connectivity index (χ1n) is 8.63. The van der Waals surface area contributed by atoms with E-state index in [0.717, 1.165) is 42.8 Å². The molecule has 2 aromatic heterocycles. The van der Waals surface area contributed by atoms with Gasteiger partial charge in [0.15, 0.2) is 5.78 Å². The number of hydrogen-bond donors (Lipinski definition) is 1. The molecule has 24 heavy (non-hydrogen) atoms. The number of aromatic amines is 1. The smallest absolute Gasteiger partial charge is 0.256 e. The van der Waals surface area contributed by atoms with Gasteiger partial charge in [-0.25, -0.2) is 0 Å². The number of amides is 1. The van der Waals surface area contributed by atoms with Crippen LogP contribution in [0, 0.1) is 6.92 Å². The Bertz CT molecular complexity index is 794. The van der Waals surface area contributed by atoms with Gasteiger partial charge in [-0.2, -0.15) is 0 Å². The summed E-state index contributed by atoms with van der Waals surface area (Å²) in [6.45, 7) is 2.61. The summed E-state index contributed by atoms with van der Waals surface area (Å²) < 4.78 is 0. The fourth-order valence-corrected chi connectivity index (χ4v) is 4.04. The topological polar surface area (TPSA) is 66.1 Å². The monoisotopic (exact) mass is 323 g/mol. The summed E-state index contributed by atoms with van der Waals surface area (Å²) in [4.78, 5) is 35.2. The maximum atomic E-state index is 13.3. The normalized spacial score (nSPS) is 20.3. The van der Waals surface area contributed by atoms with Crippen LogP contribution in [0.4, 0.5) is 0 Å². The molecule has 1 amide bonds. The molecule has 2 aromatic rings. The highest BCUT2D eigenvalue weighted by atomic mass is 16.2. The van der Waals surface area contributed by atoms with E-state index in [9.17, 15) is 9.59 Å². The van der Waals surface area contributed by atoms with Crippen molar-refractivity contribution in [1.82, 2.24) is 14.9 Å². The Morgan fingerprint density at radius 3 is 2.96 bits per heavy atom. The maximum absolute atomic E-state index is 13.3. The molecular formula is C19H21N3O2. The van der Waals surface area contributed by atoms with E-state index >= 15 is 0 Å². The van der Waals surface area contributed by atoms with Crippen molar-refractivity contribution in [3.05, 3.63) is 52.6 Å². The third-order valence-electron chi connectivity index (χ3n) is 5.13. The first kappa shape index (κ1) is 15.1. The van der Waals surface area contributed by atoms with Crippen molar-refractivity contribution >= 4 is 11.7 Å². The fourth-order valence-electron chi connectivity index (χ4n) is 4.04. The third kappa shape index (κ3) is 2.35. The highest BCUT2D eigenvalue weighted by Gasteiger charge is 2.36. The third-order valence-corrected chi connectivity index (χ3v) is 5.13. The van der Waals surface area contributed by atoms with Gasteiger partial charge in [0.2, 0.25) is 0 Å². The van der Waals surface area contributed by atoms with Gasteiger partial charge in [0, 0.05) is 30.6 Å². The fraction of sp³-hybridized carbons (Fsp3) is 0.421. The largest absolute Gasteiger partial charge is 0.361 e. The van der Waals surface area contributed by atoms with E-state index < -0.39 is 0 Å². The van der Waals surface area contributed by atoms with Crippen LogP contribution in [0.25, 0.3) is 0 Å². The summed E-state index contributed by atoms with van der Waals surface area (Å²) in [7, 11) is 0. The number of ketones is 1. The first-order chi connectivity index (χ1) is 11.7. The van der Waals surface area contributed by atoms with Gasteiger partial charge in [-0.15, -0.1) is 0 Å². The van der Waals surface area contributed by atoms with Gasteiger partial charge in [0.05, 0.1) is 22.9 Å². The molecule has 5 nitrogen and oxygen atoms in total. The molecule has 1 N–H and O–H groups in total. The number of rotatable bonds is 2. The second kappa shape index (κ2) is 5.89. The number of aromatic nitrogens is 2. The van der Waals surface area contributed by atoms with E-state index in [1.54, 1.807) is 6.20 Å². The van der Waals surface area contributed by atoms with Crippen molar-refractivity contribution in [2.45, 2.75) is 45.1 Å². The van der Waals surface area contributed by atoms with Crippen LogP contribution in [-0.4, -0.2) is 33.1 Å². The second-order valence-electron chi connectivity index (χ2n) is 6.67. The predicted octanol–water partition coefficient (Wildman–Crippen LogP) is 3.21. The van der Waals surface area contributed by atoms with Crippen LogP contribution in [0.3, 0.4) is 0 Å². The lowest BCUT2D eigenvalue weighted by Gasteiger charge is -2.25. The first-order valence-corrected chi connectivity index (χ1v) is 8.63. The van der Waals surface area contributed by atoms with Crippen LogP contribution >= 0.6 is 0 Å². The lowest BCUT2D eigenvalue weighted by Crippen LogP contribution is -2.32. The molecule has 1 saturated heterocycles. The van der Waals surface area contributed by atoms with Crippen molar-refractivity contribution in [2.24, 2.45) is 0 Å². The van der Waals surface area contributed by atoms with E-state index in [2.05, 4.69) is 9.97 Å². The molecule has 0 saturated carbocycles. The lowest BCUT2D eigenvalue weighted by molar-refractivity contribution is 0.0727. The van der Waals surface area contributed by atoms with Gasteiger partial charge >= 0.3 is 0 Å². The molecule has 1 atom stereocenters. The Hall–Kier alpha value is -2.43. The molecular weight excluding hydrogens is 302 g/mol. The molecule has 1 aliphatic carbocycles. The lowest BCUT2D eigenvalue weighted by atomic mass is 9.92. The number of H-pyrrole nitrogens is 1. The molecule has 2 aliphatic rings. The number of pyridine rings is 1. The maximum Gasteiger partial charge on any atom is 0.256 e. The number of Topliss-reactive ketones (excluding diaryl/α,β-unsaturated/α-hetero) is 1. The molecule has 0 spiro atoms. The number of carbonyl (C=O) groups excluding carboxylic acids is 2. The van der Waals surface area contributed by atoms with Gasteiger partial charge in [-0.05, 0) is 44.7 Å². The molecule has 4 rings (SSSR count). The van der Waals surface area contributed by atoms with E-state index in [4.69, 9.17) is 0 Å². The number of fused-ring (bicyclic) bond motifs is 1. The molecule has 0 aromatic carbocycles. The van der Waals surface area contributed by atoms with Gasteiger partial charge in [-0.1, -0.05) is 6.07 Å². The Morgan fingerprint density at radius 1 is 1.29 bits per heavy atom. The van der Waals surface area contributed by atoms with Gasteiger partial charge in [0.25, 0.3) is 5.91 Å². The zero-order chi connectivity index (χ0) is 16.7. The van der Waals surface area contributed by atoms with Gasteiger partial charge in [-0.3, -0.25) is 14.6 Å². The van der Waals surface area contributed by atoms with Crippen LogP contribution in [0.1, 0.15) is 69.5 Å². The molecule has 5 heteroatoms. The average molecular weight is 323 g/mol. The number of hydrogen-bond acceptors (Lipinski definition) is 3. The van der Waals surface area contributed by atoms with E-state index in [-0.39, 0.29) is 17.7 Å². The van der Waals surface area contributed by atoms with Crippen molar-refractivity contribution in [1.29, 1.82) is 0 Å². The Kier molecular flexibility index (Phi) is 3.71. The molecule has 0 bridgehead atoms.